The van der Waals surface area contributed by atoms with Crippen molar-refractivity contribution in [1.82, 2.24) is 9.62 Å². The van der Waals surface area contributed by atoms with E-state index in [0.29, 0.717) is 42.1 Å². The highest BCUT2D eigenvalue weighted by molar-refractivity contribution is 7.89. The molecule has 1 N–H and O–H groups in total. The Morgan fingerprint density at radius 3 is 2.36 bits per heavy atom. The smallest absolute Gasteiger partial charge is 0.251 e. The SMILES string of the molecule is C[C@@H]1C[C@@H](C)CN(S(=O)(=O)c2ccc(C(=O)NCc3cccc(Cl)c3)cc2)C1. The molecule has 0 radical (unpaired) electrons. The summed E-state index contributed by atoms with van der Waals surface area (Å²) in [5.41, 5.74) is 1.31. The summed E-state index contributed by atoms with van der Waals surface area (Å²) in [6.45, 7) is 5.57. The number of benzene rings is 2. The minimum atomic E-state index is -3.54. The van der Waals surface area contributed by atoms with Crippen molar-refractivity contribution in [1.29, 1.82) is 0 Å². The Kier molecular flexibility index (Phi) is 6.43. The summed E-state index contributed by atoms with van der Waals surface area (Å²) in [5.74, 6) is 0.425. The van der Waals surface area contributed by atoms with Crippen molar-refractivity contribution in [3.8, 4) is 0 Å². The van der Waals surface area contributed by atoms with E-state index >= 15 is 0 Å². The monoisotopic (exact) mass is 420 g/mol. The first-order valence-electron chi connectivity index (χ1n) is 9.38. The van der Waals surface area contributed by atoms with E-state index in [9.17, 15) is 13.2 Å². The zero-order valence-electron chi connectivity index (χ0n) is 16.1. The van der Waals surface area contributed by atoms with Crippen LogP contribution >= 0.6 is 11.6 Å². The van der Waals surface area contributed by atoms with Crippen LogP contribution in [-0.2, 0) is 16.6 Å². The fourth-order valence-electron chi connectivity index (χ4n) is 3.66. The lowest BCUT2D eigenvalue weighted by molar-refractivity contribution is 0.0951. The molecular weight excluding hydrogens is 396 g/mol. The molecule has 0 bridgehead atoms. The van der Waals surface area contributed by atoms with Gasteiger partial charge >= 0.3 is 0 Å². The Morgan fingerprint density at radius 1 is 1.11 bits per heavy atom. The third kappa shape index (κ3) is 4.93. The highest BCUT2D eigenvalue weighted by Crippen LogP contribution is 2.26. The molecule has 0 spiro atoms. The van der Waals surface area contributed by atoms with Gasteiger partial charge in [-0.05, 0) is 60.2 Å². The number of carbonyl (C=O) groups is 1. The van der Waals surface area contributed by atoms with Gasteiger partial charge in [0.25, 0.3) is 5.91 Å². The molecule has 2 atom stereocenters. The first kappa shape index (κ1) is 20.8. The van der Waals surface area contributed by atoms with E-state index in [1.165, 1.54) is 12.1 Å². The Morgan fingerprint density at radius 2 is 1.75 bits per heavy atom. The number of hydrogen-bond acceptors (Lipinski definition) is 3. The number of carbonyl (C=O) groups excluding carboxylic acids is 1. The third-order valence-corrected chi connectivity index (χ3v) is 7.01. The maximum Gasteiger partial charge on any atom is 0.251 e. The van der Waals surface area contributed by atoms with Crippen LogP contribution in [0, 0.1) is 11.8 Å². The Hall–Kier alpha value is -1.89. The van der Waals surface area contributed by atoms with Crippen LogP contribution in [0.15, 0.2) is 53.4 Å². The quantitative estimate of drug-likeness (QED) is 0.796. The third-order valence-electron chi connectivity index (χ3n) is 4.93. The van der Waals surface area contributed by atoms with Gasteiger partial charge in [-0.25, -0.2) is 8.42 Å². The van der Waals surface area contributed by atoms with Gasteiger partial charge in [-0.15, -0.1) is 0 Å². The van der Waals surface area contributed by atoms with E-state index in [4.69, 9.17) is 11.6 Å². The number of sulfonamides is 1. The molecule has 0 unspecified atom stereocenters. The lowest BCUT2D eigenvalue weighted by atomic mass is 9.94. The molecule has 7 heteroatoms. The molecule has 2 aromatic rings. The molecule has 28 heavy (non-hydrogen) atoms. The molecule has 150 valence electrons. The fourth-order valence-corrected chi connectivity index (χ4v) is 5.55. The highest BCUT2D eigenvalue weighted by Gasteiger charge is 2.31. The topological polar surface area (TPSA) is 66.5 Å². The molecule has 0 aliphatic carbocycles. The minimum absolute atomic E-state index is 0.222. The number of hydrogen-bond donors (Lipinski definition) is 1. The van der Waals surface area contributed by atoms with Crippen LogP contribution in [0.25, 0.3) is 0 Å². The number of amides is 1. The average molecular weight is 421 g/mol. The summed E-state index contributed by atoms with van der Waals surface area (Å²) in [4.78, 5) is 12.6. The molecule has 1 fully saturated rings. The summed E-state index contributed by atoms with van der Waals surface area (Å²) in [6.07, 6.45) is 1.04. The molecule has 5 nitrogen and oxygen atoms in total. The van der Waals surface area contributed by atoms with E-state index in [0.717, 1.165) is 12.0 Å². The molecule has 1 aliphatic heterocycles. The van der Waals surface area contributed by atoms with Crippen molar-refractivity contribution in [3.63, 3.8) is 0 Å². The van der Waals surface area contributed by atoms with Gasteiger partial charge in [0.05, 0.1) is 4.90 Å². The number of nitrogens with zero attached hydrogens (tertiary/aromatic N) is 1. The molecule has 1 heterocycles. The van der Waals surface area contributed by atoms with Crippen LogP contribution in [-0.4, -0.2) is 31.7 Å². The van der Waals surface area contributed by atoms with Crippen molar-refractivity contribution < 1.29 is 13.2 Å². The standard InChI is InChI=1S/C21H25ClN2O3S/c1-15-10-16(2)14-24(13-15)28(26,27)20-8-6-18(7-9-20)21(25)23-12-17-4-3-5-19(22)11-17/h3-9,11,15-16H,10,12-14H2,1-2H3,(H,23,25)/t15-,16-/m1/s1. The van der Waals surface area contributed by atoms with Gasteiger partial charge in [0.15, 0.2) is 0 Å². The average Bonchev–Trinajstić information content (AvgIpc) is 2.65. The Balaban J connectivity index is 1.67. The number of nitrogens with one attached hydrogen (secondary N) is 1. The molecule has 1 amide bonds. The van der Waals surface area contributed by atoms with Gasteiger partial charge < -0.3 is 5.32 Å². The van der Waals surface area contributed by atoms with Crippen LogP contribution in [0.4, 0.5) is 0 Å². The second kappa shape index (κ2) is 8.64. The maximum absolute atomic E-state index is 12.9. The van der Waals surface area contributed by atoms with Crippen LogP contribution in [0.3, 0.4) is 0 Å². The van der Waals surface area contributed by atoms with E-state index in [2.05, 4.69) is 19.2 Å². The number of rotatable bonds is 5. The molecular formula is C21H25ClN2O3S. The molecule has 1 saturated heterocycles. The molecule has 0 saturated carbocycles. The second-order valence-corrected chi connectivity index (χ2v) is 9.98. The fraction of sp³-hybridized carbons (Fsp3) is 0.381. The first-order valence-corrected chi connectivity index (χ1v) is 11.2. The van der Waals surface area contributed by atoms with Gasteiger partial charge in [-0.2, -0.15) is 4.31 Å². The number of piperidine rings is 1. The first-order chi connectivity index (χ1) is 13.3. The van der Waals surface area contributed by atoms with Gasteiger partial charge in [0, 0.05) is 30.2 Å². The summed E-state index contributed by atoms with van der Waals surface area (Å²) >= 11 is 5.95. The van der Waals surface area contributed by atoms with E-state index in [1.54, 1.807) is 28.6 Å². The Labute approximate surface area is 171 Å². The van der Waals surface area contributed by atoms with Crippen LogP contribution < -0.4 is 5.32 Å². The Bertz CT molecular complexity index is 934. The van der Waals surface area contributed by atoms with Crippen LogP contribution in [0.2, 0.25) is 5.02 Å². The van der Waals surface area contributed by atoms with Gasteiger partial charge in [0.2, 0.25) is 10.0 Å². The lowest BCUT2D eigenvalue weighted by Gasteiger charge is -2.34. The van der Waals surface area contributed by atoms with Crippen molar-refractivity contribution in [2.45, 2.75) is 31.7 Å². The summed E-state index contributed by atoms with van der Waals surface area (Å²) in [6, 6.07) is 13.4. The largest absolute Gasteiger partial charge is 0.348 e. The van der Waals surface area contributed by atoms with Crippen molar-refractivity contribution >= 4 is 27.5 Å². The van der Waals surface area contributed by atoms with E-state index in [1.807, 2.05) is 12.1 Å². The molecule has 3 rings (SSSR count). The normalized spacial score (nSPS) is 20.7. The lowest BCUT2D eigenvalue weighted by Crippen LogP contribution is -2.42. The van der Waals surface area contributed by atoms with Crippen LogP contribution in [0.5, 0.6) is 0 Å². The maximum atomic E-state index is 12.9. The van der Waals surface area contributed by atoms with Gasteiger partial charge in [-0.3, -0.25) is 4.79 Å². The summed E-state index contributed by atoms with van der Waals surface area (Å²) in [7, 11) is -3.54. The molecule has 2 aromatic carbocycles. The predicted octanol–water partition coefficient (Wildman–Crippen LogP) is 3.94. The van der Waals surface area contributed by atoms with E-state index < -0.39 is 10.0 Å². The zero-order valence-corrected chi connectivity index (χ0v) is 17.6. The molecule has 1 aliphatic rings. The second-order valence-electron chi connectivity index (χ2n) is 7.61. The predicted molar refractivity (Wildman–Crippen MR) is 111 cm³/mol. The van der Waals surface area contributed by atoms with Gasteiger partial charge in [-0.1, -0.05) is 37.6 Å². The van der Waals surface area contributed by atoms with Crippen LogP contribution in [0.1, 0.15) is 36.2 Å². The highest BCUT2D eigenvalue weighted by atomic mass is 35.5. The van der Waals surface area contributed by atoms with Crippen molar-refractivity contribution in [2.75, 3.05) is 13.1 Å². The summed E-state index contributed by atoms with van der Waals surface area (Å²) < 4.78 is 27.4. The summed E-state index contributed by atoms with van der Waals surface area (Å²) in [5, 5.41) is 3.43. The minimum Gasteiger partial charge on any atom is -0.348 e. The van der Waals surface area contributed by atoms with Gasteiger partial charge in [0.1, 0.15) is 0 Å². The van der Waals surface area contributed by atoms with Crippen molar-refractivity contribution in [2.24, 2.45) is 11.8 Å². The van der Waals surface area contributed by atoms with Crippen molar-refractivity contribution in [3.05, 3.63) is 64.7 Å². The number of halogens is 1. The molecule has 0 aromatic heterocycles. The van der Waals surface area contributed by atoms with E-state index in [-0.39, 0.29) is 10.8 Å². The zero-order chi connectivity index (χ0) is 20.3.